The Bertz CT molecular complexity index is 344. The molecule has 0 aliphatic heterocycles. The van der Waals surface area contributed by atoms with Gasteiger partial charge in [-0.2, -0.15) is 0 Å². The fourth-order valence-electron chi connectivity index (χ4n) is 0.776. The second-order valence-electron chi connectivity index (χ2n) is 2.41. The van der Waals surface area contributed by atoms with Gasteiger partial charge >= 0.3 is 5.97 Å². The number of carboxylic acids is 1. The van der Waals surface area contributed by atoms with E-state index in [9.17, 15) is 4.79 Å². The number of hydrogen-bond acceptors (Lipinski definition) is 2. The second-order valence-corrected chi connectivity index (χ2v) is 2.41. The second kappa shape index (κ2) is 9.21. The van der Waals surface area contributed by atoms with Crippen LogP contribution in [0.5, 0.6) is 0 Å². The molecule has 0 saturated carbocycles. The van der Waals surface area contributed by atoms with Crippen LogP contribution in [-0.4, -0.2) is 21.0 Å². The molecule has 0 radical (unpaired) electrons. The van der Waals surface area contributed by atoms with E-state index in [1.165, 1.54) is 6.07 Å². The Morgan fingerprint density at radius 2 is 1.81 bits per heavy atom. The lowest BCUT2D eigenvalue weighted by molar-refractivity contribution is 0.0691. The maximum absolute atomic E-state index is 10.0. The van der Waals surface area contributed by atoms with E-state index in [0.29, 0.717) is 0 Å². The van der Waals surface area contributed by atoms with E-state index >= 15 is 0 Å². The summed E-state index contributed by atoms with van der Waals surface area (Å²) < 4.78 is 0. The number of nitrogens with one attached hydrogen (secondary N) is 1. The Labute approximate surface area is 94.3 Å². The predicted molar refractivity (Wildman–Crippen MR) is 63.2 cm³/mol. The van der Waals surface area contributed by atoms with Gasteiger partial charge in [0.15, 0.2) is 0 Å². The highest BCUT2D eigenvalue weighted by atomic mass is 16.4. The van der Waals surface area contributed by atoms with Crippen molar-refractivity contribution in [3.05, 3.63) is 67.8 Å². The van der Waals surface area contributed by atoms with Gasteiger partial charge in [-0.3, -0.25) is 4.98 Å². The van der Waals surface area contributed by atoms with Gasteiger partial charge in [0, 0.05) is 18.6 Å². The monoisotopic (exact) mass is 218 g/mol. The number of aromatic nitrogens is 2. The summed E-state index contributed by atoms with van der Waals surface area (Å²) in [6, 6.07) is 8.86. The number of pyridine rings is 1. The summed E-state index contributed by atoms with van der Waals surface area (Å²) in [5.74, 6) is -0.921. The van der Waals surface area contributed by atoms with Crippen molar-refractivity contribution in [2.75, 3.05) is 0 Å². The molecular formula is C12H14N2O2. The molecule has 4 nitrogen and oxygen atoms in total. The fraction of sp³-hybridized carbons (Fsp3) is 0. The molecule has 0 aromatic carbocycles. The molecule has 2 aromatic heterocycles. The minimum atomic E-state index is -0.921. The van der Waals surface area contributed by atoms with Gasteiger partial charge in [-0.15, -0.1) is 13.2 Å². The molecule has 0 aliphatic carbocycles. The molecule has 2 heterocycles. The Morgan fingerprint density at radius 3 is 2.00 bits per heavy atom. The van der Waals surface area contributed by atoms with Crippen LogP contribution in [-0.2, 0) is 0 Å². The van der Waals surface area contributed by atoms with Crippen LogP contribution in [0.3, 0.4) is 0 Å². The van der Waals surface area contributed by atoms with E-state index in [4.69, 9.17) is 5.11 Å². The van der Waals surface area contributed by atoms with Crippen LogP contribution in [0.4, 0.5) is 0 Å². The van der Waals surface area contributed by atoms with Crippen molar-refractivity contribution in [1.82, 2.24) is 9.97 Å². The zero-order valence-corrected chi connectivity index (χ0v) is 8.84. The van der Waals surface area contributed by atoms with Gasteiger partial charge in [-0.05, 0) is 24.3 Å². The van der Waals surface area contributed by atoms with Crippen molar-refractivity contribution in [3.63, 3.8) is 0 Å². The third-order valence-electron chi connectivity index (χ3n) is 1.39. The van der Waals surface area contributed by atoms with Gasteiger partial charge in [0.2, 0.25) is 0 Å². The zero-order valence-electron chi connectivity index (χ0n) is 8.84. The van der Waals surface area contributed by atoms with Crippen molar-refractivity contribution in [3.8, 4) is 0 Å². The first-order valence-corrected chi connectivity index (χ1v) is 4.52. The van der Waals surface area contributed by atoms with Crippen molar-refractivity contribution < 1.29 is 9.90 Å². The van der Waals surface area contributed by atoms with Gasteiger partial charge in [0.25, 0.3) is 0 Å². The molecule has 0 fully saturated rings. The van der Waals surface area contributed by atoms with Crippen molar-refractivity contribution in [1.29, 1.82) is 0 Å². The Morgan fingerprint density at radius 1 is 1.19 bits per heavy atom. The highest BCUT2D eigenvalue weighted by Crippen LogP contribution is 1.91. The van der Waals surface area contributed by atoms with E-state index in [1.807, 2.05) is 18.2 Å². The standard InChI is InChI=1S/C5H5NO2.C5H5N.C2H4/c7-5(8)4-2-1-3-6-4;1-2-4-6-5-3-1;1-2/h1-3,6H,(H,7,8);1-5H;1-2H2. The van der Waals surface area contributed by atoms with Gasteiger partial charge < -0.3 is 10.1 Å². The number of H-pyrrole nitrogens is 1. The van der Waals surface area contributed by atoms with E-state index in [1.54, 1.807) is 24.7 Å². The summed E-state index contributed by atoms with van der Waals surface area (Å²) in [4.78, 5) is 16.4. The first-order valence-electron chi connectivity index (χ1n) is 4.52. The molecule has 0 unspecified atom stereocenters. The predicted octanol–water partition coefficient (Wildman–Crippen LogP) is 2.60. The Hall–Kier alpha value is -2.36. The molecule has 2 rings (SSSR count). The van der Waals surface area contributed by atoms with E-state index in [2.05, 4.69) is 23.1 Å². The first kappa shape index (κ1) is 13.6. The van der Waals surface area contributed by atoms with Gasteiger partial charge in [-0.1, -0.05) is 6.07 Å². The summed E-state index contributed by atoms with van der Waals surface area (Å²) in [7, 11) is 0. The minimum absolute atomic E-state index is 0.227. The van der Waals surface area contributed by atoms with Crippen LogP contribution >= 0.6 is 0 Å². The molecule has 2 N–H and O–H groups in total. The zero-order chi connectivity index (χ0) is 12.2. The summed E-state index contributed by atoms with van der Waals surface area (Å²) in [6.45, 7) is 6.00. The average Bonchev–Trinajstić information content (AvgIpc) is 2.88. The Kier molecular flexibility index (Phi) is 7.85. The van der Waals surface area contributed by atoms with Crippen LogP contribution in [0.15, 0.2) is 62.1 Å². The lowest BCUT2D eigenvalue weighted by Gasteiger charge is -1.80. The number of aromatic carboxylic acids is 1. The lowest BCUT2D eigenvalue weighted by Crippen LogP contribution is -1.94. The minimum Gasteiger partial charge on any atom is -0.477 e. The lowest BCUT2D eigenvalue weighted by atomic mass is 10.4. The maximum Gasteiger partial charge on any atom is 0.352 e. The molecule has 0 aliphatic rings. The van der Waals surface area contributed by atoms with Crippen molar-refractivity contribution in [2.45, 2.75) is 0 Å². The molecule has 0 saturated heterocycles. The molecule has 84 valence electrons. The third-order valence-corrected chi connectivity index (χ3v) is 1.39. The number of carboxylic acid groups (broad SMARTS) is 1. The van der Waals surface area contributed by atoms with E-state index in [-0.39, 0.29) is 5.69 Å². The van der Waals surface area contributed by atoms with E-state index in [0.717, 1.165) is 0 Å². The van der Waals surface area contributed by atoms with E-state index < -0.39 is 5.97 Å². The first-order chi connectivity index (χ1) is 7.80. The SMILES string of the molecule is C=C.O=C(O)c1ccc[nH]1.c1ccncc1. The highest BCUT2D eigenvalue weighted by Gasteiger charge is 1.98. The van der Waals surface area contributed by atoms with Crippen LogP contribution in [0.1, 0.15) is 10.5 Å². The number of hydrogen-bond donors (Lipinski definition) is 2. The molecule has 0 spiro atoms. The summed E-state index contributed by atoms with van der Waals surface area (Å²) in [5, 5.41) is 8.24. The van der Waals surface area contributed by atoms with Gasteiger partial charge in [-0.25, -0.2) is 4.79 Å². The third kappa shape index (κ3) is 6.15. The van der Waals surface area contributed by atoms with Crippen LogP contribution in [0.25, 0.3) is 0 Å². The maximum atomic E-state index is 10.0. The van der Waals surface area contributed by atoms with Crippen molar-refractivity contribution >= 4 is 5.97 Å². The molecule has 16 heavy (non-hydrogen) atoms. The molecule has 2 aromatic rings. The molecular weight excluding hydrogens is 204 g/mol. The summed E-state index contributed by atoms with van der Waals surface area (Å²) in [6.07, 6.45) is 5.07. The molecule has 4 heteroatoms. The normalized spacial score (nSPS) is 7.75. The largest absolute Gasteiger partial charge is 0.477 e. The van der Waals surface area contributed by atoms with Crippen LogP contribution < -0.4 is 0 Å². The van der Waals surface area contributed by atoms with Crippen LogP contribution in [0, 0.1) is 0 Å². The number of nitrogens with zero attached hydrogens (tertiary/aromatic N) is 1. The molecule has 0 amide bonds. The highest BCUT2D eigenvalue weighted by molar-refractivity contribution is 5.85. The van der Waals surface area contributed by atoms with Crippen molar-refractivity contribution in [2.24, 2.45) is 0 Å². The molecule has 0 bridgehead atoms. The van der Waals surface area contributed by atoms with Gasteiger partial charge in [0.05, 0.1) is 0 Å². The van der Waals surface area contributed by atoms with Crippen LogP contribution in [0.2, 0.25) is 0 Å². The average molecular weight is 218 g/mol. The quantitative estimate of drug-likeness (QED) is 0.723. The summed E-state index contributed by atoms with van der Waals surface area (Å²) in [5.41, 5.74) is 0.227. The summed E-state index contributed by atoms with van der Waals surface area (Å²) >= 11 is 0. The fourth-order valence-corrected chi connectivity index (χ4v) is 0.776. The molecule has 0 atom stereocenters. The number of carbonyl (C=O) groups is 1. The number of rotatable bonds is 1. The number of aromatic amines is 1. The smallest absolute Gasteiger partial charge is 0.352 e. The Balaban J connectivity index is 0.000000251. The topological polar surface area (TPSA) is 66.0 Å². The van der Waals surface area contributed by atoms with Gasteiger partial charge in [0.1, 0.15) is 5.69 Å².